The van der Waals surface area contributed by atoms with Gasteiger partial charge in [-0.3, -0.25) is 0 Å². The van der Waals surface area contributed by atoms with E-state index >= 15 is 0 Å². The van der Waals surface area contributed by atoms with Crippen molar-refractivity contribution in [3.63, 3.8) is 0 Å². The van der Waals surface area contributed by atoms with Gasteiger partial charge in [0.2, 0.25) is 0 Å². The molecule has 2 atom stereocenters. The molecule has 0 aromatic carbocycles. The Labute approximate surface area is 118 Å². The van der Waals surface area contributed by atoms with Gasteiger partial charge in [0.1, 0.15) is 0 Å². The van der Waals surface area contributed by atoms with Crippen LogP contribution in [0.3, 0.4) is 0 Å². The molecule has 1 saturated carbocycles. The summed E-state index contributed by atoms with van der Waals surface area (Å²) in [5, 5.41) is 0. The van der Waals surface area contributed by atoms with Crippen molar-refractivity contribution in [1.82, 2.24) is 9.80 Å². The maximum absolute atomic E-state index is 2.68. The van der Waals surface area contributed by atoms with Crippen molar-refractivity contribution in [1.29, 1.82) is 0 Å². The van der Waals surface area contributed by atoms with E-state index in [1.165, 1.54) is 57.7 Å². The lowest BCUT2D eigenvalue weighted by atomic mass is 9.87. The summed E-state index contributed by atoms with van der Waals surface area (Å²) < 4.78 is 0. The van der Waals surface area contributed by atoms with Gasteiger partial charge in [-0.05, 0) is 37.5 Å². The summed E-state index contributed by atoms with van der Waals surface area (Å²) in [6.07, 6.45) is 10.1. The minimum Gasteiger partial charge on any atom is -0.301 e. The number of allylic oxidation sites excluding steroid dienone is 3. The van der Waals surface area contributed by atoms with Crippen LogP contribution in [0.25, 0.3) is 0 Å². The molecule has 2 fully saturated rings. The number of piperazine rings is 1. The third-order valence-corrected chi connectivity index (χ3v) is 4.95. The van der Waals surface area contributed by atoms with Crippen molar-refractivity contribution in [2.24, 2.45) is 17.8 Å². The van der Waals surface area contributed by atoms with Crippen molar-refractivity contribution in [2.75, 3.05) is 39.3 Å². The van der Waals surface area contributed by atoms with Crippen molar-refractivity contribution >= 4 is 0 Å². The van der Waals surface area contributed by atoms with Gasteiger partial charge in [0, 0.05) is 39.3 Å². The zero-order valence-electron chi connectivity index (χ0n) is 12.5. The minimum absolute atomic E-state index is 0.703. The summed E-state index contributed by atoms with van der Waals surface area (Å²) in [4.78, 5) is 5.35. The quantitative estimate of drug-likeness (QED) is 0.767. The first-order valence-electron chi connectivity index (χ1n) is 8.02. The van der Waals surface area contributed by atoms with Crippen molar-refractivity contribution in [3.05, 3.63) is 23.8 Å². The molecule has 2 aliphatic carbocycles. The van der Waals surface area contributed by atoms with Gasteiger partial charge in [0.05, 0.1) is 0 Å². The summed E-state index contributed by atoms with van der Waals surface area (Å²) in [5.74, 6) is 2.47. The second-order valence-corrected chi connectivity index (χ2v) is 6.84. The van der Waals surface area contributed by atoms with E-state index in [0.29, 0.717) is 5.92 Å². The molecule has 0 bridgehead atoms. The highest BCUT2D eigenvalue weighted by molar-refractivity contribution is 5.23. The first-order chi connectivity index (χ1) is 9.20. The molecular weight excluding hydrogens is 232 g/mol. The van der Waals surface area contributed by atoms with E-state index in [4.69, 9.17) is 0 Å². The lowest BCUT2D eigenvalue weighted by Crippen LogP contribution is -2.48. The van der Waals surface area contributed by atoms with Gasteiger partial charge in [-0.2, -0.15) is 0 Å². The predicted molar refractivity (Wildman–Crippen MR) is 81.2 cm³/mol. The van der Waals surface area contributed by atoms with Crippen LogP contribution < -0.4 is 0 Å². The molecule has 3 rings (SSSR count). The van der Waals surface area contributed by atoms with Gasteiger partial charge in [0.15, 0.2) is 0 Å². The minimum atomic E-state index is 0.703. The molecule has 0 radical (unpaired) electrons. The Morgan fingerprint density at radius 3 is 2.26 bits per heavy atom. The Morgan fingerprint density at radius 1 is 1.05 bits per heavy atom. The maximum atomic E-state index is 2.68. The van der Waals surface area contributed by atoms with Gasteiger partial charge in [0.25, 0.3) is 0 Å². The largest absolute Gasteiger partial charge is 0.301 e. The second-order valence-electron chi connectivity index (χ2n) is 6.84. The molecule has 2 unspecified atom stereocenters. The molecule has 1 saturated heterocycles. The highest BCUT2D eigenvalue weighted by Crippen LogP contribution is 2.30. The first kappa shape index (κ1) is 13.4. The lowest BCUT2D eigenvalue weighted by molar-refractivity contribution is 0.115. The summed E-state index contributed by atoms with van der Waals surface area (Å²) >= 11 is 0. The third-order valence-electron chi connectivity index (χ3n) is 4.95. The first-order valence-corrected chi connectivity index (χ1v) is 8.02. The molecule has 1 heterocycles. The van der Waals surface area contributed by atoms with E-state index in [1.54, 1.807) is 0 Å². The number of rotatable bonds is 4. The van der Waals surface area contributed by atoms with Gasteiger partial charge in [-0.25, -0.2) is 0 Å². The summed E-state index contributed by atoms with van der Waals surface area (Å²) in [5.41, 5.74) is 1.43. The Hall–Kier alpha value is -0.600. The maximum Gasteiger partial charge on any atom is 0.0110 e. The molecule has 0 aromatic rings. The molecule has 3 aliphatic rings. The highest BCUT2D eigenvalue weighted by atomic mass is 15.3. The molecule has 1 aliphatic heterocycles. The summed E-state index contributed by atoms with van der Waals surface area (Å²) in [7, 11) is 0. The van der Waals surface area contributed by atoms with E-state index < -0.39 is 0 Å². The van der Waals surface area contributed by atoms with E-state index in [9.17, 15) is 0 Å². The van der Waals surface area contributed by atoms with Crippen LogP contribution in [0.5, 0.6) is 0 Å². The predicted octanol–water partition coefficient (Wildman–Crippen LogP) is 2.78. The van der Waals surface area contributed by atoms with Crippen molar-refractivity contribution in [2.45, 2.75) is 26.7 Å². The topological polar surface area (TPSA) is 6.48 Å². The molecule has 0 aromatic heterocycles. The van der Waals surface area contributed by atoms with Gasteiger partial charge >= 0.3 is 0 Å². The number of hydrogen-bond donors (Lipinski definition) is 0. The molecule has 2 nitrogen and oxygen atoms in total. The zero-order chi connectivity index (χ0) is 13.2. The van der Waals surface area contributed by atoms with Gasteiger partial charge in [-0.1, -0.05) is 30.7 Å². The fourth-order valence-corrected chi connectivity index (χ4v) is 3.39. The standard InChI is InChI=1S/C17H28N2/c1-14-3-6-17(15(2)11-14)13-19-9-7-18(8-10-19)12-16-4-5-16/h3,6,11,15-17H,4-5,7-10,12-13H2,1-2H3. The third kappa shape index (κ3) is 3.70. The van der Waals surface area contributed by atoms with Crippen molar-refractivity contribution < 1.29 is 0 Å². The molecule has 0 N–H and O–H groups in total. The molecule has 0 amide bonds. The Morgan fingerprint density at radius 2 is 1.68 bits per heavy atom. The average Bonchev–Trinajstić information content (AvgIpc) is 3.19. The zero-order valence-corrected chi connectivity index (χ0v) is 12.5. The van der Waals surface area contributed by atoms with E-state index in [-0.39, 0.29) is 0 Å². The smallest absolute Gasteiger partial charge is 0.0110 e. The molecule has 106 valence electrons. The van der Waals surface area contributed by atoms with Gasteiger partial charge in [-0.15, -0.1) is 0 Å². The SMILES string of the molecule is CC1=CC(C)C(CN2CCN(CC3CC3)CC2)C=C1. The van der Waals surface area contributed by atoms with Crippen LogP contribution in [0.2, 0.25) is 0 Å². The molecular formula is C17H28N2. The van der Waals surface area contributed by atoms with Crippen LogP contribution in [0.15, 0.2) is 23.8 Å². The Balaban J connectivity index is 1.43. The van der Waals surface area contributed by atoms with Crippen LogP contribution in [0, 0.1) is 17.8 Å². The van der Waals surface area contributed by atoms with Gasteiger partial charge < -0.3 is 9.80 Å². The van der Waals surface area contributed by atoms with Crippen LogP contribution in [0.4, 0.5) is 0 Å². The Bertz CT molecular complexity index is 359. The fraction of sp³-hybridized carbons (Fsp3) is 0.765. The normalized spacial score (nSPS) is 33.5. The number of hydrogen-bond acceptors (Lipinski definition) is 2. The van der Waals surface area contributed by atoms with E-state index in [2.05, 4.69) is 41.9 Å². The highest BCUT2D eigenvalue weighted by Gasteiger charge is 2.27. The Kier molecular flexibility index (Phi) is 4.09. The van der Waals surface area contributed by atoms with Crippen LogP contribution >= 0.6 is 0 Å². The molecule has 19 heavy (non-hydrogen) atoms. The fourth-order valence-electron chi connectivity index (χ4n) is 3.39. The summed E-state index contributed by atoms with van der Waals surface area (Å²) in [6.45, 7) is 12.3. The lowest BCUT2D eigenvalue weighted by Gasteiger charge is -2.37. The number of nitrogens with zero attached hydrogens (tertiary/aromatic N) is 2. The molecule has 0 spiro atoms. The second kappa shape index (κ2) is 5.80. The van der Waals surface area contributed by atoms with Crippen molar-refractivity contribution in [3.8, 4) is 0 Å². The van der Waals surface area contributed by atoms with Crippen LogP contribution in [0.1, 0.15) is 26.7 Å². The summed E-state index contributed by atoms with van der Waals surface area (Å²) in [6, 6.07) is 0. The monoisotopic (exact) mass is 260 g/mol. The van der Waals surface area contributed by atoms with Crippen LogP contribution in [-0.4, -0.2) is 49.1 Å². The van der Waals surface area contributed by atoms with Crippen LogP contribution in [-0.2, 0) is 0 Å². The molecule has 2 heteroatoms. The van der Waals surface area contributed by atoms with E-state index in [1.807, 2.05) is 0 Å². The average molecular weight is 260 g/mol. The van der Waals surface area contributed by atoms with E-state index in [0.717, 1.165) is 11.8 Å².